The minimum absolute atomic E-state index is 0.181. The van der Waals surface area contributed by atoms with Crippen LogP contribution in [-0.4, -0.2) is 48.3 Å². The molecule has 0 aliphatic rings. The summed E-state index contributed by atoms with van der Waals surface area (Å²) in [5, 5.41) is 5.30. The van der Waals surface area contributed by atoms with Gasteiger partial charge in [0.25, 0.3) is 5.91 Å². The third kappa shape index (κ3) is 6.73. The van der Waals surface area contributed by atoms with Crippen molar-refractivity contribution in [1.82, 2.24) is 4.90 Å². The average Bonchev–Trinajstić information content (AvgIpc) is 2.69. The standard InChI is InChI=1S/C22H25N3O5/c1-14-5-9-19(10-6-14)24-20(27)13-25(4)21(28)15(2)30-22(29)17-7-11-18(12-8-17)23-16(3)26/h5-12,15H,13H2,1-4H3,(H,23,26)(H,24,27)/t15-/m0/s1. The van der Waals surface area contributed by atoms with Crippen molar-refractivity contribution in [3.8, 4) is 0 Å². The number of anilines is 2. The van der Waals surface area contributed by atoms with Crippen LogP contribution in [0.15, 0.2) is 48.5 Å². The Kier molecular flexibility index (Phi) is 7.69. The lowest BCUT2D eigenvalue weighted by Crippen LogP contribution is -2.41. The zero-order chi connectivity index (χ0) is 22.3. The molecule has 2 aromatic rings. The van der Waals surface area contributed by atoms with Crippen LogP contribution in [0.2, 0.25) is 0 Å². The number of amides is 3. The maximum Gasteiger partial charge on any atom is 0.338 e. The fourth-order valence-electron chi connectivity index (χ4n) is 2.61. The number of carbonyl (C=O) groups is 4. The number of nitrogens with zero attached hydrogens (tertiary/aromatic N) is 1. The number of ether oxygens (including phenoxy) is 1. The molecule has 2 rings (SSSR count). The van der Waals surface area contributed by atoms with Crippen molar-refractivity contribution >= 4 is 35.1 Å². The molecule has 0 bridgehead atoms. The van der Waals surface area contributed by atoms with Gasteiger partial charge < -0.3 is 20.3 Å². The first-order chi connectivity index (χ1) is 14.2. The number of aryl methyl sites for hydroxylation is 1. The van der Waals surface area contributed by atoms with E-state index in [4.69, 9.17) is 4.74 Å². The van der Waals surface area contributed by atoms with Crippen LogP contribution in [0.25, 0.3) is 0 Å². The van der Waals surface area contributed by atoms with Crippen LogP contribution in [0.1, 0.15) is 29.8 Å². The monoisotopic (exact) mass is 411 g/mol. The molecule has 158 valence electrons. The molecule has 8 nitrogen and oxygen atoms in total. The van der Waals surface area contributed by atoms with Gasteiger partial charge in [-0.1, -0.05) is 17.7 Å². The minimum atomic E-state index is -1.07. The predicted molar refractivity (Wildman–Crippen MR) is 113 cm³/mol. The molecule has 3 amide bonds. The number of likely N-dealkylation sites (N-methyl/N-ethyl adjacent to an activating group) is 1. The van der Waals surface area contributed by atoms with Gasteiger partial charge in [0, 0.05) is 25.3 Å². The molecule has 0 unspecified atom stereocenters. The van der Waals surface area contributed by atoms with Crippen LogP contribution < -0.4 is 10.6 Å². The van der Waals surface area contributed by atoms with Gasteiger partial charge in [0.05, 0.1) is 12.1 Å². The van der Waals surface area contributed by atoms with Gasteiger partial charge in [-0.25, -0.2) is 4.79 Å². The van der Waals surface area contributed by atoms with Crippen LogP contribution in [-0.2, 0) is 19.1 Å². The van der Waals surface area contributed by atoms with Crippen LogP contribution in [0.5, 0.6) is 0 Å². The van der Waals surface area contributed by atoms with Gasteiger partial charge in [0.2, 0.25) is 11.8 Å². The topological polar surface area (TPSA) is 105 Å². The summed E-state index contributed by atoms with van der Waals surface area (Å²) >= 11 is 0. The maximum absolute atomic E-state index is 12.4. The number of hydrogen-bond acceptors (Lipinski definition) is 5. The molecule has 8 heteroatoms. The van der Waals surface area contributed by atoms with Gasteiger partial charge >= 0.3 is 5.97 Å². The highest BCUT2D eigenvalue weighted by Gasteiger charge is 2.23. The van der Waals surface area contributed by atoms with Gasteiger partial charge in [-0.05, 0) is 50.2 Å². The first-order valence-electron chi connectivity index (χ1n) is 9.36. The summed E-state index contributed by atoms with van der Waals surface area (Å²) < 4.78 is 5.20. The Morgan fingerprint density at radius 2 is 1.47 bits per heavy atom. The van der Waals surface area contributed by atoms with E-state index in [1.165, 1.54) is 37.9 Å². The second-order valence-corrected chi connectivity index (χ2v) is 6.91. The summed E-state index contributed by atoms with van der Waals surface area (Å²) in [6, 6.07) is 13.4. The Balaban J connectivity index is 1.87. The smallest absolute Gasteiger partial charge is 0.338 e. The Labute approximate surface area is 175 Å². The van der Waals surface area contributed by atoms with E-state index in [1.807, 2.05) is 19.1 Å². The minimum Gasteiger partial charge on any atom is -0.449 e. The van der Waals surface area contributed by atoms with E-state index in [2.05, 4.69) is 10.6 Å². The summed E-state index contributed by atoms with van der Waals surface area (Å²) in [5.41, 5.74) is 2.49. The van der Waals surface area contributed by atoms with Gasteiger partial charge in [0.1, 0.15) is 0 Å². The van der Waals surface area contributed by atoms with Gasteiger partial charge in [-0.3, -0.25) is 14.4 Å². The number of esters is 1. The van der Waals surface area contributed by atoms with Crippen molar-refractivity contribution in [1.29, 1.82) is 0 Å². The summed E-state index contributed by atoms with van der Waals surface area (Å²) in [7, 11) is 1.46. The SMILES string of the molecule is CC(=O)Nc1ccc(C(=O)O[C@@H](C)C(=O)N(C)CC(=O)Nc2ccc(C)cc2)cc1. The van der Waals surface area contributed by atoms with E-state index in [0.29, 0.717) is 11.4 Å². The predicted octanol–water partition coefficient (Wildman–Crippen LogP) is 2.60. The number of hydrogen-bond donors (Lipinski definition) is 2. The van der Waals surface area contributed by atoms with E-state index < -0.39 is 18.0 Å². The molecule has 0 saturated carbocycles. The molecule has 1 atom stereocenters. The Morgan fingerprint density at radius 1 is 0.933 bits per heavy atom. The molecule has 0 heterocycles. The van der Waals surface area contributed by atoms with Crippen LogP contribution in [0, 0.1) is 6.92 Å². The van der Waals surface area contributed by atoms with Crippen molar-refractivity contribution in [2.24, 2.45) is 0 Å². The first-order valence-corrected chi connectivity index (χ1v) is 9.36. The van der Waals surface area contributed by atoms with Crippen molar-refractivity contribution in [2.45, 2.75) is 26.9 Å². The van der Waals surface area contributed by atoms with Crippen LogP contribution in [0.3, 0.4) is 0 Å². The van der Waals surface area contributed by atoms with Gasteiger partial charge in [-0.15, -0.1) is 0 Å². The Hall–Kier alpha value is -3.68. The third-order valence-electron chi connectivity index (χ3n) is 4.16. The fraction of sp³-hybridized carbons (Fsp3) is 0.273. The molecule has 0 saturated heterocycles. The lowest BCUT2D eigenvalue weighted by atomic mass is 10.2. The number of nitrogens with one attached hydrogen (secondary N) is 2. The normalized spacial score (nSPS) is 11.2. The Morgan fingerprint density at radius 3 is 2.03 bits per heavy atom. The highest BCUT2D eigenvalue weighted by molar-refractivity contribution is 5.96. The fourth-order valence-corrected chi connectivity index (χ4v) is 2.61. The first kappa shape index (κ1) is 22.6. The van der Waals surface area contributed by atoms with Crippen LogP contribution in [0.4, 0.5) is 11.4 Å². The quantitative estimate of drug-likeness (QED) is 0.682. The highest BCUT2D eigenvalue weighted by Crippen LogP contribution is 2.12. The van der Waals surface area contributed by atoms with Crippen LogP contribution >= 0.6 is 0 Å². The molecule has 0 aliphatic heterocycles. The van der Waals surface area contributed by atoms with Crippen molar-refractivity contribution in [3.05, 3.63) is 59.7 Å². The van der Waals surface area contributed by atoms with Crippen molar-refractivity contribution in [2.75, 3.05) is 24.2 Å². The summed E-state index contributed by atoms with van der Waals surface area (Å²) in [6.45, 7) is 4.59. The molecular formula is C22H25N3O5. The zero-order valence-corrected chi connectivity index (χ0v) is 17.4. The highest BCUT2D eigenvalue weighted by atomic mass is 16.5. The van der Waals surface area contributed by atoms with Gasteiger partial charge in [0.15, 0.2) is 6.10 Å². The summed E-state index contributed by atoms with van der Waals surface area (Å²) in [6.07, 6.45) is -1.07. The third-order valence-corrected chi connectivity index (χ3v) is 4.16. The van der Waals surface area contributed by atoms with E-state index in [1.54, 1.807) is 24.3 Å². The number of benzene rings is 2. The second-order valence-electron chi connectivity index (χ2n) is 6.91. The van der Waals surface area contributed by atoms with Gasteiger partial charge in [-0.2, -0.15) is 0 Å². The average molecular weight is 411 g/mol. The molecule has 2 N–H and O–H groups in total. The lowest BCUT2D eigenvalue weighted by Gasteiger charge is -2.21. The molecule has 0 radical (unpaired) electrons. The summed E-state index contributed by atoms with van der Waals surface area (Å²) in [4.78, 5) is 49.1. The van der Waals surface area contributed by atoms with E-state index in [9.17, 15) is 19.2 Å². The molecular weight excluding hydrogens is 386 g/mol. The van der Waals surface area contributed by atoms with E-state index in [0.717, 1.165) is 5.56 Å². The van der Waals surface area contributed by atoms with Crippen molar-refractivity contribution < 1.29 is 23.9 Å². The molecule has 0 aromatic heterocycles. The molecule has 30 heavy (non-hydrogen) atoms. The molecule has 0 spiro atoms. The van der Waals surface area contributed by atoms with E-state index >= 15 is 0 Å². The molecule has 0 aliphatic carbocycles. The van der Waals surface area contributed by atoms with Crippen molar-refractivity contribution in [3.63, 3.8) is 0 Å². The lowest BCUT2D eigenvalue weighted by molar-refractivity contribution is -0.140. The molecule has 2 aromatic carbocycles. The van der Waals surface area contributed by atoms with E-state index in [-0.39, 0.29) is 23.9 Å². The number of carbonyl (C=O) groups excluding carboxylic acids is 4. The molecule has 0 fully saturated rings. The largest absolute Gasteiger partial charge is 0.449 e. The summed E-state index contributed by atoms with van der Waals surface area (Å²) in [5.74, 6) is -1.76. The maximum atomic E-state index is 12.4. The Bertz CT molecular complexity index is 923. The number of rotatable bonds is 7. The second kappa shape index (κ2) is 10.2. The zero-order valence-electron chi connectivity index (χ0n) is 17.4.